The predicted octanol–water partition coefficient (Wildman–Crippen LogP) is 1.43. The van der Waals surface area contributed by atoms with E-state index in [1.165, 1.54) is 4.90 Å². The molecule has 0 bridgehead atoms. The Kier molecular flexibility index (Phi) is 3.71. The topological polar surface area (TPSA) is 78.5 Å². The third kappa shape index (κ3) is 2.63. The lowest BCUT2D eigenvalue weighted by Gasteiger charge is -2.37. The molecule has 2 fully saturated rings. The molecule has 2 heterocycles. The van der Waals surface area contributed by atoms with Gasteiger partial charge in [-0.3, -0.25) is 14.9 Å². The number of nitrogens with one attached hydrogen (secondary N) is 2. The number of benzene rings is 1. The minimum absolute atomic E-state index is 0.138. The molecule has 0 radical (unpaired) electrons. The lowest BCUT2D eigenvalue weighted by Crippen LogP contribution is -2.55. The van der Waals surface area contributed by atoms with Gasteiger partial charge >= 0.3 is 6.03 Å². The van der Waals surface area contributed by atoms with Crippen LogP contribution in [-0.4, -0.2) is 41.4 Å². The molecule has 0 saturated carbocycles. The average molecular weight is 344 g/mol. The molecule has 0 atom stereocenters. The molecular weight excluding hydrogens is 332 g/mol. The lowest BCUT2D eigenvalue weighted by molar-refractivity contribution is -0.125. The second-order valence-electron chi connectivity index (χ2n) is 5.53. The SMILES string of the molecule is O=C1NC(=O)C2(CCN(C(=O)c3cc(F)c(F)cc3Cl)CC2)N1. The van der Waals surface area contributed by atoms with Gasteiger partial charge in [0.2, 0.25) is 0 Å². The highest BCUT2D eigenvalue weighted by Gasteiger charge is 2.48. The fraction of sp³-hybridized carbons (Fsp3) is 0.357. The van der Waals surface area contributed by atoms with Crippen molar-refractivity contribution in [3.63, 3.8) is 0 Å². The van der Waals surface area contributed by atoms with E-state index >= 15 is 0 Å². The Morgan fingerprint density at radius 3 is 2.35 bits per heavy atom. The van der Waals surface area contributed by atoms with Gasteiger partial charge in [0.15, 0.2) is 11.6 Å². The summed E-state index contributed by atoms with van der Waals surface area (Å²) in [5.41, 5.74) is -1.15. The number of hydrogen-bond acceptors (Lipinski definition) is 3. The standard InChI is InChI=1S/C14H12ClF2N3O3/c15-8-6-10(17)9(16)5-7(8)11(21)20-3-1-14(2-4-20)12(22)18-13(23)19-14/h5-6H,1-4H2,(H2,18,19,22,23). The van der Waals surface area contributed by atoms with E-state index in [2.05, 4.69) is 10.6 Å². The van der Waals surface area contributed by atoms with Crippen LogP contribution >= 0.6 is 11.6 Å². The molecule has 2 saturated heterocycles. The molecular formula is C14H12ClF2N3O3. The Labute approximate surface area is 134 Å². The van der Waals surface area contributed by atoms with Crippen molar-refractivity contribution < 1.29 is 23.2 Å². The van der Waals surface area contributed by atoms with Gasteiger partial charge in [-0.1, -0.05) is 11.6 Å². The number of urea groups is 1. The van der Waals surface area contributed by atoms with Crippen molar-refractivity contribution in [2.45, 2.75) is 18.4 Å². The van der Waals surface area contributed by atoms with Crippen LogP contribution in [0.3, 0.4) is 0 Å². The summed E-state index contributed by atoms with van der Waals surface area (Å²) in [5.74, 6) is -3.25. The Hall–Kier alpha value is -2.22. The molecule has 3 rings (SSSR count). The number of halogens is 3. The zero-order valence-corrected chi connectivity index (χ0v) is 12.5. The first kappa shape index (κ1) is 15.7. The van der Waals surface area contributed by atoms with Gasteiger partial charge in [-0.2, -0.15) is 0 Å². The van der Waals surface area contributed by atoms with E-state index in [4.69, 9.17) is 11.6 Å². The number of rotatable bonds is 1. The van der Waals surface area contributed by atoms with Gasteiger partial charge < -0.3 is 10.2 Å². The fourth-order valence-corrected chi connectivity index (χ4v) is 3.06. The second kappa shape index (κ2) is 5.45. The lowest BCUT2D eigenvalue weighted by atomic mass is 9.87. The maximum absolute atomic E-state index is 13.3. The molecule has 2 aliphatic heterocycles. The molecule has 0 aromatic heterocycles. The molecule has 122 valence electrons. The molecule has 1 aromatic rings. The molecule has 6 nitrogen and oxygen atoms in total. The summed E-state index contributed by atoms with van der Waals surface area (Å²) in [6, 6.07) is 0.952. The Morgan fingerprint density at radius 2 is 1.78 bits per heavy atom. The highest BCUT2D eigenvalue weighted by molar-refractivity contribution is 6.33. The predicted molar refractivity (Wildman–Crippen MR) is 75.9 cm³/mol. The van der Waals surface area contributed by atoms with Crippen LogP contribution in [0.25, 0.3) is 0 Å². The molecule has 2 N–H and O–H groups in total. The van der Waals surface area contributed by atoms with Gasteiger partial charge in [-0.25, -0.2) is 13.6 Å². The van der Waals surface area contributed by atoms with Crippen molar-refractivity contribution in [1.29, 1.82) is 0 Å². The third-order valence-electron chi connectivity index (χ3n) is 4.16. The maximum Gasteiger partial charge on any atom is 0.322 e. The number of carbonyl (C=O) groups is 3. The number of piperidine rings is 1. The van der Waals surface area contributed by atoms with Crippen molar-refractivity contribution in [2.24, 2.45) is 0 Å². The Morgan fingerprint density at radius 1 is 1.17 bits per heavy atom. The molecule has 2 aliphatic rings. The number of carbonyl (C=O) groups excluding carboxylic acids is 3. The largest absolute Gasteiger partial charge is 0.338 e. The first-order chi connectivity index (χ1) is 10.8. The monoisotopic (exact) mass is 343 g/mol. The summed E-state index contributed by atoms with van der Waals surface area (Å²) >= 11 is 5.80. The Balaban J connectivity index is 1.75. The Bertz CT molecular complexity index is 717. The number of imide groups is 1. The molecule has 23 heavy (non-hydrogen) atoms. The van der Waals surface area contributed by atoms with E-state index in [0.717, 1.165) is 12.1 Å². The van der Waals surface area contributed by atoms with Crippen LogP contribution in [0, 0.1) is 11.6 Å². The zero-order chi connectivity index (χ0) is 16.8. The van der Waals surface area contributed by atoms with E-state index in [0.29, 0.717) is 0 Å². The number of amides is 4. The van der Waals surface area contributed by atoms with Gasteiger partial charge in [-0.15, -0.1) is 0 Å². The van der Waals surface area contributed by atoms with Crippen LogP contribution in [0.1, 0.15) is 23.2 Å². The first-order valence-corrected chi connectivity index (χ1v) is 7.28. The molecule has 1 spiro atoms. The fourth-order valence-electron chi connectivity index (χ4n) is 2.83. The first-order valence-electron chi connectivity index (χ1n) is 6.90. The van der Waals surface area contributed by atoms with Crippen molar-refractivity contribution >= 4 is 29.4 Å². The summed E-state index contributed by atoms with van der Waals surface area (Å²) < 4.78 is 26.4. The van der Waals surface area contributed by atoms with E-state index in [1.807, 2.05) is 0 Å². The molecule has 0 aliphatic carbocycles. The van der Waals surface area contributed by atoms with Crippen molar-refractivity contribution in [2.75, 3.05) is 13.1 Å². The van der Waals surface area contributed by atoms with Gasteiger partial charge in [0, 0.05) is 13.1 Å². The second-order valence-corrected chi connectivity index (χ2v) is 5.94. The summed E-state index contributed by atoms with van der Waals surface area (Å²) in [4.78, 5) is 36.9. The van der Waals surface area contributed by atoms with Crippen molar-refractivity contribution in [3.05, 3.63) is 34.4 Å². The van der Waals surface area contributed by atoms with Crippen LogP contribution in [-0.2, 0) is 4.79 Å². The smallest absolute Gasteiger partial charge is 0.322 e. The normalized spacial score (nSPS) is 19.7. The van der Waals surface area contributed by atoms with Crippen LogP contribution in [0.4, 0.5) is 13.6 Å². The molecule has 1 aromatic carbocycles. The van der Waals surface area contributed by atoms with Crippen LogP contribution < -0.4 is 10.6 Å². The number of hydrogen-bond donors (Lipinski definition) is 2. The number of likely N-dealkylation sites (tertiary alicyclic amines) is 1. The maximum atomic E-state index is 13.3. The zero-order valence-electron chi connectivity index (χ0n) is 11.8. The summed E-state index contributed by atoms with van der Waals surface area (Å²) in [7, 11) is 0. The van der Waals surface area contributed by atoms with Crippen LogP contribution in [0.15, 0.2) is 12.1 Å². The highest BCUT2D eigenvalue weighted by atomic mass is 35.5. The van der Waals surface area contributed by atoms with Gasteiger partial charge in [-0.05, 0) is 25.0 Å². The van der Waals surface area contributed by atoms with Gasteiger partial charge in [0.1, 0.15) is 5.54 Å². The number of nitrogens with zero attached hydrogens (tertiary/aromatic N) is 1. The minimum Gasteiger partial charge on any atom is -0.338 e. The van der Waals surface area contributed by atoms with E-state index < -0.39 is 35.0 Å². The highest BCUT2D eigenvalue weighted by Crippen LogP contribution is 2.28. The van der Waals surface area contributed by atoms with Gasteiger partial charge in [0.25, 0.3) is 11.8 Å². The minimum atomic E-state index is -1.16. The van der Waals surface area contributed by atoms with E-state index in [1.54, 1.807) is 0 Å². The molecule has 0 unspecified atom stereocenters. The third-order valence-corrected chi connectivity index (χ3v) is 4.47. The average Bonchev–Trinajstić information content (AvgIpc) is 2.77. The summed E-state index contributed by atoms with van der Waals surface area (Å²) in [6.07, 6.45) is 0.467. The quantitative estimate of drug-likeness (QED) is 0.598. The van der Waals surface area contributed by atoms with Crippen LogP contribution in [0.5, 0.6) is 0 Å². The van der Waals surface area contributed by atoms with Crippen molar-refractivity contribution in [3.8, 4) is 0 Å². The van der Waals surface area contributed by atoms with E-state index in [-0.39, 0.29) is 36.5 Å². The summed E-state index contributed by atoms with van der Waals surface area (Å²) in [6.45, 7) is 0.365. The summed E-state index contributed by atoms with van der Waals surface area (Å²) in [5, 5.41) is 4.56. The van der Waals surface area contributed by atoms with Crippen molar-refractivity contribution in [1.82, 2.24) is 15.5 Å². The van der Waals surface area contributed by atoms with Gasteiger partial charge in [0.05, 0.1) is 10.6 Å². The van der Waals surface area contributed by atoms with Crippen LogP contribution in [0.2, 0.25) is 5.02 Å². The molecule has 4 amide bonds. The molecule has 9 heteroatoms. The van der Waals surface area contributed by atoms with E-state index in [9.17, 15) is 23.2 Å².